The molecule has 14 heavy (non-hydrogen) atoms. The van der Waals surface area contributed by atoms with Crippen LogP contribution in [-0.2, 0) is 0 Å². The van der Waals surface area contributed by atoms with Crippen LogP contribution in [0.15, 0.2) is 12.3 Å². The van der Waals surface area contributed by atoms with Crippen molar-refractivity contribution in [1.29, 1.82) is 0 Å². The standard InChI is InChI=1S/C11H16N2O/c1-8-5-9(2)11(13-6-8)14-10-3-4-12-7-10/h5-6,10,12H,3-4,7H2,1-2H3. The maximum absolute atomic E-state index is 5.79. The number of aryl methyl sites for hydroxylation is 2. The number of pyridine rings is 1. The van der Waals surface area contributed by atoms with Crippen molar-refractivity contribution in [3.63, 3.8) is 0 Å². The molecule has 1 unspecified atom stereocenters. The van der Waals surface area contributed by atoms with Crippen LogP contribution in [0, 0.1) is 13.8 Å². The minimum Gasteiger partial charge on any atom is -0.473 e. The lowest BCUT2D eigenvalue weighted by molar-refractivity contribution is 0.212. The van der Waals surface area contributed by atoms with Crippen molar-refractivity contribution in [2.75, 3.05) is 13.1 Å². The number of hydrogen-bond acceptors (Lipinski definition) is 3. The molecule has 0 amide bonds. The zero-order valence-corrected chi connectivity index (χ0v) is 8.71. The molecule has 0 bridgehead atoms. The average molecular weight is 192 g/mol. The molecule has 0 radical (unpaired) electrons. The molecule has 3 heteroatoms. The van der Waals surface area contributed by atoms with Crippen molar-refractivity contribution in [1.82, 2.24) is 10.3 Å². The van der Waals surface area contributed by atoms with Crippen LogP contribution in [0.5, 0.6) is 5.88 Å². The van der Waals surface area contributed by atoms with Gasteiger partial charge >= 0.3 is 0 Å². The lowest BCUT2D eigenvalue weighted by Crippen LogP contribution is -2.20. The molecular weight excluding hydrogens is 176 g/mol. The van der Waals surface area contributed by atoms with Gasteiger partial charge in [-0.25, -0.2) is 4.98 Å². The first-order chi connectivity index (χ1) is 6.75. The highest BCUT2D eigenvalue weighted by Gasteiger charge is 2.17. The van der Waals surface area contributed by atoms with E-state index in [1.807, 2.05) is 20.0 Å². The van der Waals surface area contributed by atoms with Crippen molar-refractivity contribution in [3.05, 3.63) is 23.4 Å². The molecule has 0 aromatic carbocycles. The Morgan fingerprint density at radius 1 is 1.50 bits per heavy atom. The molecule has 0 spiro atoms. The summed E-state index contributed by atoms with van der Waals surface area (Å²) in [6.45, 7) is 6.07. The van der Waals surface area contributed by atoms with E-state index in [0.717, 1.165) is 31.0 Å². The summed E-state index contributed by atoms with van der Waals surface area (Å²) in [4.78, 5) is 4.29. The molecule has 1 aromatic rings. The summed E-state index contributed by atoms with van der Waals surface area (Å²) in [7, 11) is 0. The van der Waals surface area contributed by atoms with Crippen molar-refractivity contribution in [3.8, 4) is 5.88 Å². The van der Waals surface area contributed by atoms with E-state index in [4.69, 9.17) is 4.74 Å². The third-order valence-corrected chi connectivity index (χ3v) is 2.46. The SMILES string of the molecule is Cc1cnc(OC2CCNC2)c(C)c1. The summed E-state index contributed by atoms with van der Waals surface area (Å²) in [6, 6.07) is 2.10. The molecular formula is C11H16N2O. The Kier molecular flexibility index (Phi) is 2.68. The van der Waals surface area contributed by atoms with Gasteiger partial charge in [0.25, 0.3) is 0 Å². The number of ether oxygens (including phenoxy) is 1. The summed E-state index contributed by atoms with van der Waals surface area (Å²) in [5, 5.41) is 3.27. The van der Waals surface area contributed by atoms with Gasteiger partial charge in [0.1, 0.15) is 6.10 Å². The third kappa shape index (κ3) is 2.04. The molecule has 2 heterocycles. The van der Waals surface area contributed by atoms with Crippen LogP contribution >= 0.6 is 0 Å². The Labute approximate surface area is 84.5 Å². The first kappa shape index (κ1) is 9.46. The fourth-order valence-electron chi connectivity index (χ4n) is 1.71. The molecule has 1 fully saturated rings. The molecule has 1 saturated heterocycles. The second kappa shape index (κ2) is 3.96. The molecule has 3 nitrogen and oxygen atoms in total. The van der Waals surface area contributed by atoms with E-state index < -0.39 is 0 Å². The lowest BCUT2D eigenvalue weighted by Gasteiger charge is -2.13. The second-order valence-corrected chi connectivity index (χ2v) is 3.87. The van der Waals surface area contributed by atoms with Crippen molar-refractivity contribution >= 4 is 0 Å². The molecule has 0 saturated carbocycles. The number of nitrogens with one attached hydrogen (secondary N) is 1. The van der Waals surface area contributed by atoms with Crippen LogP contribution in [0.1, 0.15) is 17.5 Å². The van der Waals surface area contributed by atoms with E-state index in [1.54, 1.807) is 0 Å². The summed E-state index contributed by atoms with van der Waals surface area (Å²) < 4.78 is 5.79. The normalized spacial score (nSPS) is 21.1. The number of hydrogen-bond donors (Lipinski definition) is 1. The van der Waals surface area contributed by atoms with Gasteiger partial charge in [-0.05, 0) is 38.4 Å². The van der Waals surface area contributed by atoms with Gasteiger partial charge in [-0.3, -0.25) is 0 Å². The van der Waals surface area contributed by atoms with Crippen molar-refractivity contribution < 1.29 is 4.74 Å². The predicted octanol–water partition coefficient (Wildman–Crippen LogP) is 1.44. The largest absolute Gasteiger partial charge is 0.473 e. The van der Waals surface area contributed by atoms with Crippen LogP contribution in [0.2, 0.25) is 0 Å². The summed E-state index contributed by atoms with van der Waals surface area (Å²) in [5.41, 5.74) is 2.30. The molecule has 1 aliphatic rings. The third-order valence-electron chi connectivity index (χ3n) is 2.46. The maximum Gasteiger partial charge on any atom is 0.216 e. The van der Waals surface area contributed by atoms with E-state index in [0.29, 0.717) is 6.10 Å². The van der Waals surface area contributed by atoms with E-state index in [2.05, 4.69) is 16.4 Å². The first-order valence-corrected chi connectivity index (χ1v) is 5.06. The van der Waals surface area contributed by atoms with Gasteiger partial charge in [0.05, 0.1) is 0 Å². The van der Waals surface area contributed by atoms with Gasteiger partial charge in [-0.15, -0.1) is 0 Å². The topological polar surface area (TPSA) is 34.1 Å². The summed E-state index contributed by atoms with van der Waals surface area (Å²) in [6.07, 6.45) is 3.23. The Hall–Kier alpha value is -1.09. The molecule has 0 aliphatic carbocycles. The Morgan fingerprint density at radius 3 is 3.00 bits per heavy atom. The molecule has 76 valence electrons. The van der Waals surface area contributed by atoms with E-state index in [9.17, 15) is 0 Å². The van der Waals surface area contributed by atoms with Gasteiger partial charge in [0, 0.05) is 18.3 Å². The van der Waals surface area contributed by atoms with Crippen LogP contribution in [0.4, 0.5) is 0 Å². The molecule has 1 aliphatic heterocycles. The first-order valence-electron chi connectivity index (χ1n) is 5.06. The Morgan fingerprint density at radius 2 is 2.36 bits per heavy atom. The van der Waals surface area contributed by atoms with Crippen LogP contribution < -0.4 is 10.1 Å². The highest BCUT2D eigenvalue weighted by atomic mass is 16.5. The second-order valence-electron chi connectivity index (χ2n) is 3.87. The molecule has 2 rings (SSSR count). The van der Waals surface area contributed by atoms with E-state index in [1.165, 1.54) is 5.56 Å². The van der Waals surface area contributed by atoms with Crippen LogP contribution in [-0.4, -0.2) is 24.2 Å². The highest BCUT2D eigenvalue weighted by Crippen LogP contribution is 2.17. The number of nitrogens with zero attached hydrogens (tertiary/aromatic N) is 1. The summed E-state index contributed by atoms with van der Waals surface area (Å²) >= 11 is 0. The van der Waals surface area contributed by atoms with Crippen molar-refractivity contribution in [2.24, 2.45) is 0 Å². The van der Waals surface area contributed by atoms with Crippen LogP contribution in [0.3, 0.4) is 0 Å². The maximum atomic E-state index is 5.79. The average Bonchev–Trinajstić information content (AvgIpc) is 2.62. The smallest absolute Gasteiger partial charge is 0.216 e. The zero-order valence-electron chi connectivity index (χ0n) is 8.71. The van der Waals surface area contributed by atoms with Gasteiger partial charge < -0.3 is 10.1 Å². The predicted molar refractivity (Wildman–Crippen MR) is 55.6 cm³/mol. The number of aromatic nitrogens is 1. The monoisotopic (exact) mass is 192 g/mol. The van der Waals surface area contributed by atoms with Gasteiger partial charge in [-0.1, -0.05) is 0 Å². The Balaban J connectivity index is 2.08. The van der Waals surface area contributed by atoms with E-state index >= 15 is 0 Å². The fraction of sp³-hybridized carbons (Fsp3) is 0.545. The highest BCUT2D eigenvalue weighted by molar-refractivity contribution is 5.28. The minimum atomic E-state index is 0.295. The quantitative estimate of drug-likeness (QED) is 0.770. The minimum absolute atomic E-state index is 0.295. The van der Waals surface area contributed by atoms with Gasteiger partial charge in [-0.2, -0.15) is 0 Å². The van der Waals surface area contributed by atoms with Crippen molar-refractivity contribution in [2.45, 2.75) is 26.4 Å². The van der Waals surface area contributed by atoms with Gasteiger partial charge in [0.15, 0.2) is 0 Å². The number of rotatable bonds is 2. The zero-order chi connectivity index (χ0) is 9.97. The molecule has 1 atom stereocenters. The van der Waals surface area contributed by atoms with Gasteiger partial charge in [0.2, 0.25) is 5.88 Å². The summed E-state index contributed by atoms with van der Waals surface area (Å²) in [5.74, 6) is 0.782. The van der Waals surface area contributed by atoms with E-state index in [-0.39, 0.29) is 0 Å². The fourth-order valence-corrected chi connectivity index (χ4v) is 1.71. The molecule has 1 N–H and O–H groups in total. The van der Waals surface area contributed by atoms with Crippen LogP contribution in [0.25, 0.3) is 0 Å². The lowest BCUT2D eigenvalue weighted by atomic mass is 10.2. The Bertz CT molecular complexity index is 319. The molecule has 1 aromatic heterocycles.